The van der Waals surface area contributed by atoms with E-state index in [2.05, 4.69) is 23.6 Å². The lowest BCUT2D eigenvalue weighted by atomic mass is 10.1. The van der Waals surface area contributed by atoms with Gasteiger partial charge in [0.2, 0.25) is 0 Å². The highest BCUT2D eigenvalue weighted by Crippen LogP contribution is 2.47. The Balaban J connectivity index is 0.000000104. The number of nitrogens with two attached hydrogens (primary N) is 2. The van der Waals surface area contributed by atoms with Gasteiger partial charge in [0.15, 0.2) is 0 Å². The van der Waals surface area contributed by atoms with E-state index in [0.29, 0.717) is 85.8 Å². The molecule has 20 nitrogen and oxygen atoms in total. The lowest BCUT2D eigenvalue weighted by Gasteiger charge is -2.04. The van der Waals surface area contributed by atoms with Crippen molar-refractivity contribution in [2.45, 2.75) is 24.5 Å². The Labute approximate surface area is 458 Å². The third kappa shape index (κ3) is 8.58. The number of halogens is 3. The molecule has 0 aromatic heterocycles. The summed E-state index contributed by atoms with van der Waals surface area (Å²) in [5.41, 5.74) is 14.4. The number of nitrogen functional groups attached to an aromatic ring is 2. The fourth-order valence-electron chi connectivity index (χ4n) is 9.55. The zero-order valence-electron chi connectivity index (χ0n) is 39.0. The highest BCUT2D eigenvalue weighted by atomic mass is 35.5. The minimum absolute atomic E-state index is 0.0144. The molecule has 0 amide bonds. The highest BCUT2D eigenvalue weighted by Gasteiger charge is 2.35. The molecule has 0 spiro atoms. The summed E-state index contributed by atoms with van der Waals surface area (Å²) in [5, 5.41) is 18.8. The average Bonchev–Trinajstić information content (AvgIpc) is 4.32. The summed E-state index contributed by atoms with van der Waals surface area (Å²) in [7, 11) is -17.3. The second-order valence-corrected chi connectivity index (χ2v) is 27.0. The molecule has 78 heavy (non-hydrogen) atoms. The fourth-order valence-corrected chi connectivity index (χ4v) is 16.9. The maximum Gasteiger partial charge on any atom is 0.295 e. The van der Waals surface area contributed by atoms with E-state index in [1.165, 1.54) is 12.1 Å². The molecule has 10 aromatic rings. The van der Waals surface area contributed by atoms with E-state index in [0.717, 1.165) is 27.6 Å². The van der Waals surface area contributed by atoms with Gasteiger partial charge in [-0.05, 0) is 72.1 Å². The lowest BCUT2D eigenvalue weighted by Crippen LogP contribution is -2.07. The number of hydrogen-bond acceptors (Lipinski definition) is 14. The smallest absolute Gasteiger partial charge is 0.295 e. The number of nitrogens with one attached hydrogen (secondary N) is 5. The van der Waals surface area contributed by atoms with E-state index in [4.69, 9.17) is 46.3 Å². The van der Waals surface area contributed by atoms with Crippen LogP contribution in [0.2, 0.25) is 15.1 Å². The van der Waals surface area contributed by atoms with Crippen molar-refractivity contribution in [1.29, 1.82) is 0 Å². The molecular weight excluding hydrogens is 1170 g/mol. The van der Waals surface area contributed by atoms with Gasteiger partial charge in [0.05, 0.1) is 67.9 Å². The zero-order valence-corrected chi connectivity index (χ0v) is 45.4. The molecule has 396 valence electrons. The molecule has 0 unspecified atom stereocenters. The second kappa shape index (κ2) is 18.4. The minimum atomic E-state index is -3.74. The van der Waals surface area contributed by atoms with Crippen LogP contribution in [0.5, 0.6) is 0 Å². The number of nitro benzene ring substituents is 1. The first-order valence-electron chi connectivity index (χ1n) is 22.4. The van der Waals surface area contributed by atoms with Crippen molar-refractivity contribution >= 4 is 184 Å². The Morgan fingerprint density at radius 1 is 0.372 bits per heavy atom. The van der Waals surface area contributed by atoms with Gasteiger partial charge in [-0.3, -0.25) is 33.7 Å². The van der Waals surface area contributed by atoms with Crippen molar-refractivity contribution in [3.8, 4) is 0 Å². The molecule has 5 heterocycles. The van der Waals surface area contributed by atoms with E-state index >= 15 is 0 Å². The molecule has 0 saturated heterocycles. The van der Waals surface area contributed by atoms with Gasteiger partial charge in [-0.2, -0.15) is 0 Å². The molecule has 28 heteroatoms. The number of benzene rings is 10. The van der Waals surface area contributed by atoms with Gasteiger partial charge in [0.25, 0.3) is 55.8 Å². The average molecular weight is 1200 g/mol. The number of nitro groups is 1. The van der Waals surface area contributed by atoms with E-state index in [1.807, 2.05) is 30.3 Å². The van der Waals surface area contributed by atoms with Gasteiger partial charge < -0.3 is 11.5 Å². The highest BCUT2D eigenvalue weighted by molar-refractivity contribution is 7.94. The van der Waals surface area contributed by atoms with Gasteiger partial charge >= 0.3 is 0 Å². The Morgan fingerprint density at radius 2 is 0.744 bits per heavy atom. The molecule has 0 atom stereocenters. The second-order valence-electron chi connectivity index (χ2n) is 17.5. The van der Waals surface area contributed by atoms with Crippen LogP contribution in [-0.2, 0) is 50.1 Å². The topological polar surface area (TPSA) is 326 Å². The quantitative estimate of drug-likeness (QED) is 0.0457. The lowest BCUT2D eigenvalue weighted by molar-refractivity contribution is -0.383. The first-order chi connectivity index (χ1) is 36.8. The van der Waals surface area contributed by atoms with Crippen LogP contribution in [-0.4, -0.2) is 47.0 Å². The number of hydrogen-bond donors (Lipinski definition) is 7. The van der Waals surface area contributed by atoms with Crippen LogP contribution in [0.25, 0.3) is 53.9 Å². The summed E-state index contributed by atoms with van der Waals surface area (Å²) in [6, 6.07) is 40.0. The van der Waals surface area contributed by atoms with Crippen LogP contribution in [0.3, 0.4) is 0 Å². The van der Waals surface area contributed by atoms with Crippen LogP contribution in [0, 0.1) is 10.1 Å². The van der Waals surface area contributed by atoms with Crippen molar-refractivity contribution in [2.75, 3.05) is 35.1 Å². The molecular formula is C50H33Cl3N8O12S5. The molecule has 0 bridgehead atoms. The predicted molar refractivity (Wildman–Crippen MR) is 304 cm³/mol. The normalized spacial score (nSPS) is 16.3. The number of anilines is 7. The summed E-state index contributed by atoms with van der Waals surface area (Å²) < 4.78 is 129. The third-order valence-electron chi connectivity index (χ3n) is 12.9. The molecule has 15 rings (SSSR count). The van der Waals surface area contributed by atoms with Crippen LogP contribution >= 0.6 is 34.8 Å². The molecule has 0 fully saturated rings. The van der Waals surface area contributed by atoms with Gasteiger partial charge in [-0.1, -0.05) is 108 Å². The van der Waals surface area contributed by atoms with Crippen molar-refractivity contribution in [2.24, 2.45) is 0 Å². The Morgan fingerprint density at radius 3 is 1.27 bits per heavy atom. The first-order valence-corrected chi connectivity index (χ1v) is 30.9. The van der Waals surface area contributed by atoms with E-state index in [1.54, 1.807) is 97.1 Å². The maximum absolute atomic E-state index is 11.8. The molecule has 9 N–H and O–H groups in total. The summed E-state index contributed by atoms with van der Waals surface area (Å²) in [6.07, 6.45) is 0. The Bertz CT molecular complexity index is 4850. The zero-order chi connectivity index (χ0) is 55.6. The SMILES string of the molecule is Nc1cc(Cl)c2cccc3c2c1NS3(=O)=O.Nc1ccc2c3c(cccc13)S(=O)(=O)N2.O=S1(=O)Nc2ccc(Cl)c3cccc1c23.O=S1(=O)Nc2cccc3cccc1c23.O=[N+]([O-])c1cc(Cl)c2cccc3c2c1NS3(=O)=O. The fraction of sp³-hybridized carbons (Fsp3) is 0. The monoisotopic (exact) mass is 1200 g/mol. The third-order valence-corrected chi connectivity index (χ3v) is 20.8. The predicted octanol–water partition coefficient (Wildman–Crippen LogP) is 10.8. The summed E-state index contributed by atoms with van der Waals surface area (Å²) in [5.74, 6) is 0. The summed E-state index contributed by atoms with van der Waals surface area (Å²) in [4.78, 5) is 11.5. The molecule has 5 aliphatic rings. The summed E-state index contributed by atoms with van der Waals surface area (Å²) >= 11 is 18.0. The summed E-state index contributed by atoms with van der Waals surface area (Å²) in [6.45, 7) is 0. The molecule has 5 aliphatic heterocycles. The van der Waals surface area contributed by atoms with E-state index in [9.17, 15) is 52.2 Å². The largest absolute Gasteiger partial charge is 0.398 e. The van der Waals surface area contributed by atoms with Gasteiger partial charge in [-0.15, -0.1) is 0 Å². The van der Waals surface area contributed by atoms with E-state index < -0.39 is 55.0 Å². The van der Waals surface area contributed by atoms with Gasteiger partial charge in [-0.25, -0.2) is 42.1 Å². The van der Waals surface area contributed by atoms with Crippen molar-refractivity contribution in [3.63, 3.8) is 0 Å². The van der Waals surface area contributed by atoms with Crippen LogP contribution in [0.15, 0.2) is 170 Å². The maximum atomic E-state index is 11.8. The van der Waals surface area contributed by atoms with E-state index in [-0.39, 0.29) is 31.6 Å². The molecule has 0 aliphatic carbocycles. The van der Waals surface area contributed by atoms with Crippen LogP contribution in [0.4, 0.5) is 45.5 Å². The molecule has 10 aromatic carbocycles. The van der Waals surface area contributed by atoms with Crippen LogP contribution < -0.4 is 35.1 Å². The van der Waals surface area contributed by atoms with Crippen molar-refractivity contribution in [1.82, 2.24) is 0 Å². The Hall–Kier alpha value is -7.88. The minimum Gasteiger partial charge on any atom is -0.398 e. The van der Waals surface area contributed by atoms with Crippen molar-refractivity contribution in [3.05, 3.63) is 171 Å². The number of sulfonamides is 5. The van der Waals surface area contributed by atoms with Crippen LogP contribution in [0.1, 0.15) is 0 Å². The Kier molecular flexibility index (Phi) is 12.3. The standard InChI is InChI=1S/C10H5ClN2O4S.C10H7ClN2O2S.C10H6ClNO2S.C10H8N2O2S.C10H7NO2S/c11-6-4-7(13(14)15)10-9-5(6)2-1-3-8(9)18(16,17)12-10;11-6-4-7(12)10-9-5(6)2-1-3-8(9)16(14,15)13-10;2*11-7-4-5-8-10-6(7)2-1-3-9(10)15(13,14)12-8;12-14(13)9-6-2-4-7-3-1-5-8(11-14)10(7)9/h1-4,12H;1-4,13H,12H2;1-5,12H;1-5,12H,11H2;1-6,11H. The van der Waals surface area contributed by atoms with Gasteiger partial charge in [0.1, 0.15) is 5.69 Å². The van der Waals surface area contributed by atoms with Crippen molar-refractivity contribution < 1.29 is 47.0 Å². The first kappa shape index (κ1) is 52.2. The molecule has 0 saturated carbocycles. The number of nitrogens with zero attached hydrogens (tertiary/aromatic N) is 1. The molecule has 0 radical (unpaired) electrons. The van der Waals surface area contributed by atoms with Gasteiger partial charge in [0, 0.05) is 65.3 Å². The number of rotatable bonds is 1.